The van der Waals surface area contributed by atoms with E-state index in [4.69, 9.17) is 0 Å². The maximum Gasteiger partial charge on any atom is 0.264 e. The van der Waals surface area contributed by atoms with E-state index >= 15 is 0 Å². The van der Waals surface area contributed by atoms with Crippen LogP contribution in [0.15, 0.2) is 108 Å². The van der Waals surface area contributed by atoms with Crippen LogP contribution in [0.3, 0.4) is 0 Å². The number of hydrogen-bond donors (Lipinski definition) is 1. The lowest BCUT2D eigenvalue weighted by atomic mass is 10.0. The van der Waals surface area contributed by atoms with Crippen molar-refractivity contribution < 1.29 is 22.4 Å². The van der Waals surface area contributed by atoms with E-state index in [-0.39, 0.29) is 29.8 Å². The van der Waals surface area contributed by atoms with Crippen molar-refractivity contribution in [3.63, 3.8) is 0 Å². The summed E-state index contributed by atoms with van der Waals surface area (Å²) in [5.74, 6) is -1.27. The fourth-order valence-corrected chi connectivity index (χ4v) is 7.26. The van der Waals surface area contributed by atoms with Crippen LogP contribution in [0, 0.1) is 19.7 Å². The molecule has 4 aromatic rings. The van der Waals surface area contributed by atoms with E-state index < -0.39 is 34.3 Å². The lowest BCUT2D eigenvalue weighted by Gasteiger charge is -2.34. The van der Waals surface area contributed by atoms with E-state index in [0.717, 1.165) is 46.7 Å². The molecule has 0 saturated heterocycles. The van der Waals surface area contributed by atoms with Gasteiger partial charge in [-0.3, -0.25) is 13.9 Å². The zero-order chi connectivity index (χ0) is 32.7. The molecule has 0 heterocycles. The van der Waals surface area contributed by atoms with Crippen LogP contribution in [0.4, 0.5) is 10.1 Å². The zero-order valence-corrected chi connectivity index (χ0v) is 27.0. The van der Waals surface area contributed by atoms with Gasteiger partial charge in [0.25, 0.3) is 10.0 Å². The van der Waals surface area contributed by atoms with E-state index in [0.29, 0.717) is 11.3 Å². The Kier molecular flexibility index (Phi) is 10.5. The molecule has 1 aliphatic carbocycles. The number of rotatable bonds is 12. The third-order valence-corrected chi connectivity index (χ3v) is 10.4. The van der Waals surface area contributed by atoms with Crippen LogP contribution in [0.25, 0.3) is 0 Å². The fourth-order valence-electron chi connectivity index (χ4n) is 5.84. The third-order valence-electron chi connectivity index (χ3n) is 8.63. The molecular formula is C37H40FN3O4S. The summed E-state index contributed by atoms with van der Waals surface area (Å²) in [5.41, 5.74) is 3.67. The normalized spacial score (nSPS) is 14.1. The Labute approximate surface area is 271 Å². The molecule has 2 amide bonds. The molecule has 7 nitrogen and oxygen atoms in total. The molecule has 1 atom stereocenters. The van der Waals surface area contributed by atoms with Crippen molar-refractivity contribution in [1.82, 2.24) is 10.2 Å². The summed E-state index contributed by atoms with van der Waals surface area (Å²) in [4.78, 5) is 30.1. The number of anilines is 1. The standard InChI is InChI=1S/C37H40FN3O4S/c1-27-17-22-33(23-28(27)2)41(46(44,45)34-15-7-4-8-16-34)26-36(42)40(25-30-18-20-31(38)21-19-30)35(24-29-11-5-3-6-12-29)37(43)39-32-13-9-10-14-32/h3-8,11-12,15-23,32,35H,9-10,13-14,24-26H2,1-2H3,(H,39,43)/t35-/m1/s1. The Balaban J connectivity index is 1.57. The van der Waals surface area contributed by atoms with Gasteiger partial charge < -0.3 is 10.2 Å². The minimum absolute atomic E-state index is 0.0130. The molecule has 9 heteroatoms. The van der Waals surface area contributed by atoms with Crippen molar-refractivity contribution in [2.24, 2.45) is 0 Å². The predicted molar refractivity (Wildman–Crippen MR) is 178 cm³/mol. The van der Waals surface area contributed by atoms with Gasteiger partial charge in [0.05, 0.1) is 10.6 Å². The molecule has 0 aliphatic heterocycles. The van der Waals surface area contributed by atoms with Crippen LogP contribution in [0.1, 0.15) is 47.9 Å². The van der Waals surface area contributed by atoms with E-state index in [9.17, 15) is 22.4 Å². The maximum atomic E-state index is 14.6. The first-order valence-electron chi connectivity index (χ1n) is 15.6. The average molecular weight is 642 g/mol. The minimum Gasteiger partial charge on any atom is -0.352 e. The average Bonchev–Trinajstić information content (AvgIpc) is 3.57. The van der Waals surface area contributed by atoms with E-state index in [1.807, 2.05) is 50.2 Å². The van der Waals surface area contributed by atoms with Gasteiger partial charge in [0.15, 0.2) is 0 Å². The minimum atomic E-state index is -4.18. The van der Waals surface area contributed by atoms with Crippen LogP contribution in [0.5, 0.6) is 0 Å². The first-order chi connectivity index (χ1) is 22.1. The molecule has 0 radical (unpaired) electrons. The van der Waals surface area contributed by atoms with Gasteiger partial charge in [-0.1, -0.05) is 79.6 Å². The lowest BCUT2D eigenvalue weighted by Crippen LogP contribution is -2.54. The molecule has 0 spiro atoms. The maximum absolute atomic E-state index is 14.6. The molecule has 0 unspecified atom stereocenters. The molecule has 5 rings (SSSR count). The van der Waals surface area contributed by atoms with Gasteiger partial charge in [-0.2, -0.15) is 0 Å². The van der Waals surface area contributed by atoms with Gasteiger partial charge in [-0.25, -0.2) is 12.8 Å². The first kappa shape index (κ1) is 32.9. The molecule has 4 aromatic carbocycles. The van der Waals surface area contributed by atoms with Crippen LogP contribution in [-0.4, -0.2) is 43.8 Å². The van der Waals surface area contributed by atoms with Crippen LogP contribution in [0.2, 0.25) is 0 Å². The molecule has 1 N–H and O–H groups in total. The second-order valence-corrected chi connectivity index (χ2v) is 13.8. The summed E-state index contributed by atoms with van der Waals surface area (Å²) in [6, 6.07) is 27.5. The van der Waals surface area contributed by atoms with E-state index in [1.165, 1.54) is 29.2 Å². The first-order valence-corrected chi connectivity index (χ1v) is 17.1. The summed E-state index contributed by atoms with van der Waals surface area (Å²) in [5, 5.41) is 3.16. The lowest BCUT2D eigenvalue weighted by molar-refractivity contribution is -0.140. The van der Waals surface area contributed by atoms with Crippen molar-refractivity contribution in [3.8, 4) is 0 Å². The van der Waals surface area contributed by atoms with Crippen LogP contribution < -0.4 is 9.62 Å². The number of nitrogens with one attached hydrogen (secondary N) is 1. The monoisotopic (exact) mass is 641 g/mol. The smallest absolute Gasteiger partial charge is 0.264 e. The number of carbonyl (C=O) groups excluding carboxylic acids is 2. The molecule has 0 bridgehead atoms. The molecule has 46 heavy (non-hydrogen) atoms. The summed E-state index contributed by atoms with van der Waals surface area (Å²) < 4.78 is 43.3. The Morgan fingerprint density at radius 3 is 2.09 bits per heavy atom. The Hall–Kier alpha value is -4.50. The molecule has 240 valence electrons. The van der Waals surface area contributed by atoms with Crippen LogP contribution in [-0.2, 0) is 32.6 Å². The molecule has 1 saturated carbocycles. The van der Waals surface area contributed by atoms with Crippen LogP contribution >= 0.6 is 0 Å². The number of aryl methyl sites for hydroxylation is 2. The van der Waals surface area contributed by atoms with Gasteiger partial charge >= 0.3 is 0 Å². The Morgan fingerprint density at radius 2 is 1.46 bits per heavy atom. The highest BCUT2D eigenvalue weighted by atomic mass is 32.2. The largest absolute Gasteiger partial charge is 0.352 e. The quantitative estimate of drug-likeness (QED) is 0.196. The highest BCUT2D eigenvalue weighted by molar-refractivity contribution is 7.92. The van der Waals surface area contributed by atoms with E-state index in [1.54, 1.807) is 42.5 Å². The highest BCUT2D eigenvalue weighted by Gasteiger charge is 2.35. The third kappa shape index (κ3) is 8.01. The molecule has 0 aromatic heterocycles. The van der Waals surface area contributed by atoms with Crippen molar-refractivity contribution >= 4 is 27.5 Å². The van der Waals surface area contributed by atoms with Gasteiger partial charge in [0, 0.05) is 19.0 Å². The fraction of sp³-hybridized carbons (Fsp3) is 0.297. The van der Waals surface area contributed by atoms with E-state index in [2.05, 4.69) is 5.32 Å². The number of nitrogens with zero attached hydrogens (tertiary/aromatic N) is 2. The topological polar surface area (TPSA) is 86.8 Å². The van der Waals surface area contributed by atoms with Crippen molar-refractivity contribution in [2.45, 2.75) is 69.5 Å². The SMILES string of the molecule is Cc1ccc(N(CC(=O)N(Cc2ccc(F)cc2)[C@H](Cc2ccccc2)C(=O)NC2CCCC2)S(=O)(=O)c2ccccc2)cc1C. The summed E-state index contributed by atoms with van der Waals surface area (Å²) >= 11 is 0. The second-order valence-electron chi connectivity index (χ2n) is 11.9. The Bertz CT molecular complexity index is 1740. The second kappa shape index (κ2) is 14.7. The number of benzene rings is 4. The van der Waals surface area contributed by atoms with Gasteiger partial charge in [0.2, 0.25) is 11.8 Å². The number of carbonyl (C=O) groups is 2. The number of hydrogen-bond acceptors (Lipinski definition) is 4. The number of halogens is 1. The van der Waals surface area contributed by atoms with Crippen molar-refractivity contribution in [2.75, 3.05) is 10.8 Å². The zero-order valence-electron chi connectivity index (χ0n) is 26.2. The summed E-state index contributed by atoms with van der Waals surface area (Å²) in [6.07, 6.45) is 4.00. The Morgan fingerprint density at radius 1 is 0.826 bits per heavy atom. The highest BCUT2D eigenvalue weighted by Crippen LogP contribution is 2.27. The molecule has 1 fully saturated rings. The van der Waals surface area contributed by atoms with Gasteiger partial charge in [0.1, 0.15) is 18.4 Å². The number of amides is 2. The van der Waals surface area contributed by atoms with Gasteiger partial charge in [-0.05, 0) is 85.3 Å². The summed E-state index contributed by atoms with van der Waals surface area (Å²) in [7, 11) is -4.18. The summed E-state index contributed by atoms with van der Waals surface area (Å²) in [6.45, 7) is 3.27. The molecular weight excluding hydrogens is 601 g/mol. The van der Waals surface area contributed by atoms with Gasteiger partial charge in [-0.15, -0.1) is 0 Å². The van der Waals surface area contributed by atoms with Crippen molar-refractivity contribution in [3.05, 3.63) is 131 Å². The molecule has 1 aliphatic rings. The predicted octanol–water partition coefficient (Wildman–Crippen LogP) is 6.34. The number of sulfonamides is 1. The van der Waals surface area contributed by atoms with Crippen molar-refractivity contribution in [1.29, 1.82) is 0 Å².